The Balaban J connectivity index is 1.76. The Kier molecular flexibility index (Phi) is 4.17. The van der Waals surface area contributed by atoms with Gasteiger partial charge in [0.2, 0.25) is 5.88 Å². The number of rotatable bonds is 4. The monoisotopic (exact) mass is 381 g/mol. The molecule has 0 N–H and O–H groups in total. The average Bonchev–Trinajstić information content (AvgIpc) is 2.78. The van der Waals surface area contributed by atoms with Gasteiger partial charge in [-0.15, -0.1) is 0 Å². The number of benzene rings is 4. The minimum absolute atomic E-state index is 0.611. The quantitative estimate of drug-likeness (QED) is 0.340. The predicted molar refractivity (Wildman–Crippen MR) is 116 cm³/mol. The molecule has 0 saturated heterocycles. The van der Waals surface area contributed by atoms with Gasteiger partial charge in [-0.25, -0.2) is 4.98 Å². The maximum absolute atomic E-state index is 6.03. The lowest BCUT2D eigenvalue weighted by molar-refractivity contribution is 0.405. The van der Waals surface area contributed by atoms with Crippen molar-refractivity contribution in [1.82, 2.24) is 4.98 Å². The molecule has 4 heteroatoms. The number of fused-ring (bicyclic) bond motifs is 5. The number of pyridine rings is 1. The molecule has 0 aliphatic heterocycles. The first kappa shape index (κ1) is 17.3. The molecule has 4 nitrogen and oxygen atoms in total. The summed E-state index contributed by atoms with van der Waals surface area (Å²) in [5.74, 6) is 3.00. The summed E-state index contributed by atoms with van der Waals surface area (Å²) in [6.45, 7) is 0. The van der Waals surface area contributed by atoms with Gasteiger partial charge in [0.15, 0.2) is 0 Å². The summed E-state index contributed by atoms with van der Waals surface area (Å²) in [6, 6.07) is 25.9. The fourth-order valence-corrected chi connectivity index (χ4v) is 3.72. The van der Waals surface area contributed by atoms with Crippen LogP contribution in [0.3, 0.4) is 0 Å². The Labute approximate surface area is 168 Å². The standard InChI is InChI=1S/C25H19NO3/c1-27-18-9-12-20-16(14-18)8-11-21-22-15-19(29-17-6-4-3-5-7-17)10-13-23(22)26-25(28-2)24(20)21/h3-15H,1-2H3. The van der Waals surface area contributed by atoms with Crippen molar-refractivity contribution in [2.75, 3.05) is 14.2 Å². The van der Waals surface area contributed by atoms with E-state index in [0.29, 0.717) is 5.88 Å². The van der Waals surface area contributed by atoms with Gasteiger partial charge in [0, 0.05) is 5.39 Å². The maximum atomic E-state index is 6.03. The Hall–Kier alpha value is -3.79. The van der Waals surface area contributed by atoms with Crippen molar-refractivity contribution in [3.63, 3.8) is 0 Å². The number of aromatic nitrogens is 1. The fraction of sp³-hybridized carbons (Fsp3) is 0.0800. The van der Waals surface area contributed by atoms with Crippen LogP contribution in [0.25, 0.3) is 32.4 Å². The number of nitrogens with zero attached hydrogens (tertiary/aromatic N) is 1. The minimum Gasteiger partial charge on any atom is -0.497 e. The molecule has 1 heterocycles. The second-order valence-electron chi connectivity index (χ2n) is 6.79. The van der Waals surface area contributed by atoms with E-state index in [1.807, 2.05) is 60.7 Å². The van der Waals surface area contributed by atoms with Gasteiger partial charge < -0.3 is 14.2 Å². The lowest BCUT2D eigenvalue weighted by Crippen LogP contribution is -1.93. The van der Waals surface area contributed by atoms with Crippen LogP contribution in [0.1, 0.15) is 0 Å². The normalized spacial score (nSPS) is 11.1. The topological polar surface area (TPSA) is 40.6 Å². The molecule has 0 spiro atoms. The van der Waals surface area contributed by atoms with E-state index in [2.05, 4.69) is 18.2 Å². The Morgan fingerprint density at radius 2 is 1.41 bits per heavy atom. The van der Waals surface area contributed by atoms with Crippen LogP contribution in [0.4, 0.5) is 0 Å². The van der Waals surface area contributed by atoms with Gasteiger partial charge in [-0.3, -0.25) is 0 Å². The van der Waals surface area contributed by atoms with Crippen molar-refractivity contribution in [2.45, 2.75) is 0 Å². The molecule has 0 aliphatic rings. The molecule has 1 aromatic heterocycles. The van der Waals surface area contributed by atoms with E-state index >= 15 is 0 Å². The first-order chi connectivity index (χ1) is 14.3. The van der Waals surface area contributed by atoms with Crippen LogP contribution in [-0.4, -0.2) is 19.2 Å². The molecule has 0 bridgehead atoms. The van der Waals surface area contributed by atoms with Crippen molar-refractivity contribution in [1.29, 1.82) is 0 Å². The predicted octanol–water partition coefficient (Wildman–Crippen LogP) is 6.35. The highest BCUT2D eigenvalue weighted by Crippen LogP contribution is 2.38. The Morgan fingerprint density at radius 1 is 0.621 bits per heavy atom. The zero-order valence-corrected chi connectivity index (χ0v) is 16.2. The summed E-state index contributed by atoms with van der Waals surface area (Å²) in [4.78, 5) is 4.75. The van der Waals surface area contributed by atoms with Crippen LogP contribution in [0.5, 0.6) is 23.1 Å². The highest BCUT2D eigenvalue weighted by Gasteiger charge is 2.13. The van der Waals surface area contributed by atoms with Gasteiger partial charge in [-0.2, -0.15) is 0 Å². The number of methoxy groups -OCH3 is 2. The van der Waals surface area contributed by atoms with Crippen LogP contribution >= 0.6 is 0 Å². The average molecular weight is 381 g/mol. The summed E-state index contributed by atoms with van der Waals surface area (Å²) >= 11 is 0. The molecule has 5 aromatic rings. The van der Waals surface area contributed by atoms with E-state index in [0.717, 1.165) is 49.7 Å². The maximum Gasteiger partial charge on any atom is 0.222 e. The molecule has 0 saturated carbocycles. The van der Waals surface area contributed by atoms with Crippen LogP contribution in [0.15, 0.2) is 78.9 Å². The van der Waals surface area contributed by atoms with Crippen LogP contribution in [0.2, 0.25) is 0 Å². The molecule has 0 atom stereocenters. The van der Waals surface area contributed by atoms with Gasteiger partial charge in [-0.05, 0) is 64.7 Å². The molecular formula is C25H19NO3. The molecule has 0 radical (unpaired) electrons. The number of para-hydroxylation sites is 1. The van der Waals surface area contributed by atoms with E-state index in [1.165, 1.54) is 0 Å². The van der Waals surface area contributed by atoms with Gasteiger partial charge >= 0.3 is 0 Å². The van der Waals surface area contributed by atoms with Crippen LogP contribution in [-0.2, 0) is 0 Å². The SMILES string of the molecule is COc1ccc2c(ccc3c4cc(Oc5ccccc5)ccc4nc(OC)c23)c1. The number of ether oxygens (including phenoxy) is 3. The summed E-state index contributed by atoms with van der Waals surface area (Å²) in [7, 11) is 3.33. The van der Waals surface area contributed by atoms with Crippen molar-refractivity contribution in [2.24, 2.45) is 0 Å². The molecule has 0 fully saturated rings. The van der Waals surface area contributed by atoms with Crippen molar-refractivity contribution >= 4 is 32.4 Å². The summed E-state index contributed by atoms with van der Waals surface area (Å²) < 4.78 is 17.1. The molecule has 0 aliphatic carbocycles. The first-order valence-electron chi connectivity index (χ1n) is 9.38. The third-order valence-electron chi connectivity index (χ3n) is 5.09. The summed E-state index contributed by atoms with van der Waals surface area (Å²) in [6.07, 6.45) is 0. The zero-order chi connectivity index (χ0) is 19.8. The summed E-state index contributed by atoms with van der Waals surface area (Å²) in [5.41, 5.74) is 0.864. The first-order valence-corrected chi connectivity index (χ1v) is 9.38. The van der Waals surface area contributed by atoms with E-state index in [9.17, 15) is 0 Å². The third-order valence-corrected chi connectivity index (χ3v) is 5.09. The molecule has 29 heavy (non-hydrogen) atoms. The lowest BCUT2D eigenvalue weighted by Gasteiger charge is -2.13. The molecule has 4 aromatic carbocycles. The van der Waals surface area contributed by atoms with E-state index in [1.54, 1.807) is 14.2 Å². The van der Waals surface area contributed by atoms with Crippen molar-refractivity contribution < 1.29 is 14.2 Å². The smallest absolute Gasteiger partial charge is 0.222 e. The van der Waals surface area contributed by atoms with Crippen LogP contribution in [0, 0.1) is 0 Å². The van der Waals surface area contributed by atoms with E-state index in [-0.39, 0.29) is 0 Å². The second kappa shape index (κ2) is 6.99. The van der Waals surface area contributed by atoms with Gasteiger partial charge in [0.25, 0.3) is 0 Å². The lowest BCUT2D eigenvalue weighted by atomic mass is 9.99. The van der Waals surface area contributed by atoms with Crippen molar-refractivity contribution in [3.05, 3.63) is 78.9 Å². The zero-order valence-electron chi connectivity index (χ0n) is 16.2. The van der Waals surface area contributed by atoms with E-state index in [4.69, 9.17) is 19.2 Å². The second-order valence-corrected chi connectivity index (χ2v) is 6.79. The van der Waals surface area contributed by atoms with E-state index < -0.39 is 0 Å². The number of hydrogen-bond acceptors (Lipinski definition) is 4. The third kappa shape index (κ3) is 2.99. The minimum atomic E-state index is 0.611. The highest BCUT2D eigenvalue weighted by atomic mass is 16.5. The molecule has 5 rings (SSSR count). The van der Waals surface area contributed by atoms with Gasteiger partial charge in [0.1, 0.15) is 17.2 Å². The highest BCUT2D eigenvalue weighted by molar-refractivity contribution is 6.18. The molecular weight excluding hydrogens is 362 g/mol. The largest absolute Gasteiger partial charge is 0.497 e. The Bertz CT molecular complexity index is 1350. The molecule has 0 amide bonds. The van der Waals surface area contributed by atoms with Crippen LogP contribution < -0.4 is 14.2 Å². The molecule has 0 unspecified atom stereocenters. The van der Waals surface area contributed by atoms with Gasteiger partial charge in [0.05, 0.1) is 25.1 Å². The molecule has 142 valence electrons. The van der Waals surface area contributed by atoms with Gasteiger partial charge in [-0.1, -0.05) is 30.3 Å². The summed E-state index contributed by atoms with van der Waals surface area (Å²) in [5, 5.41) is 5.23. The fourth-order valence-electron chi connectivity index (χ4n) is 3.72. The number of hydrogen-bond donors (Lipinski definition) is 0. The Morgan fingerprint density at radius 3 is 2.21 bits per heavy atom. The van der Waals surface area contributed by atoms with Crippen molar-refractivity contribution in [3.8, 4) is 23.1 Å².